The molecule has 19 heavy (non-hydrogen) atoms. The predicted molar refractivity (Wildman–Crippen MR) is 74.8 cm³/mol. The number of rotatable bonds is 2. The highest BCUT2D eigenvalue weighted by Crippen LogP contribution is 2.50. The number of anilines is 1. The summed E-state index contributed by atoms with van der Waals surface area (Å²) >= 11 is 2.13. The van der Waals surface area contributed by atoms with Crippen LogP contribution in [-0.4, -0.2) is 32.6 Å². The maximum Gasteiger partial charge on any atom is 0.252 e. The number of carbonyl (C=O) groups excluding carboxylic acids is 1. The molecule has 1 aliphatic heterocycles. The summed E-state index contributed by atoms with van der Waals surface area (Å²) in [5.74, 6) is -2.34. The third-order valence-electron chi connectivity index (χ3n) is 3.76. The van der Waals surface area contributed by atoms with Gasteiger partial charge in [-0.1, -0.05) is 22.6 Å². The Labute approximate surface area is 123 Å². The third-order valence-corrected chi connectivity index (χ3v) is 4.91. The first-order valence-electron chi connectivity index (χ1n) is 6.24. The molecular weight excluding hydrogens is 367 g/mol. The monoisotopic (exact) mass is 381 g/mol. The van der Waals surface area contributed by atoms with E-state index < -0.39 is 11.8 Å². The fraction of sp³-hybridized carbons (Fsp3) is 0.667. The fourth-order valence-electron chi connectivity index (χ4n) is 2.42. The van der Waals surface area contributed by atoms with Crippen LogP contribution in [0, 0.1) is 5.92 Å². The molecule has 2 heterocycles. The predicted octanol–water partition coefficient (Wildman–Crippen LogP) is 2.25. The van der Waals surface area contributed by atoms with Gasteiger partial charge >= 0.3 is 0 Å². The number of alkyl halides is 3. The summed E-state index contributed by atoms with van der Waals surface area (Å²) in [5, 5.41) is 4.36. The molecule has 1 amide bonds. The molecule has 0 spiro atoms. The summed E-state index contributed by atoms with van der Waals surface area (Å²) in [6.07, 6.45) is 0.972. The molecule has 0 N–H and O–H groups in total. The van der Waals surface area contributed by atoms with Crippen LogP contribution in [0.15, 0.2) is 6.07 Å². The second kappa shape index (κ2) is 4.39. The van der Waals surface area contributed by atoms with E-state index in [1.807, 2.05) is 0 Å². The maximum atomic E-state index is 12.9. The number of hydrogen-bond donors (Lipinski definition) is 0. The van der Waals surface area contributed by atoms with Crippen LogP contribution in [-0.2, 0) is 17.8 Å². The van der Waals surface area contributed by atoms with E-state index in [9.17, 15) is 13.6 Å². The van der Waals surface area contributed by atoms with Gasteiger partial charge in [-0.15, -0.1) is 0 Å². The fourth-order valence-corrected chi connectivity index (χ4v) is 3.11. The van der Waals surface area contributed by atoms with Gasteiger partial charge < -0.3 is 0 Å². The Morgan fingerprint density at radius 2 is 2.26 bits per heavy atom. The quantitative estimate of drug-likeness (QED) is 0.582. The van der Waals surface area contributed by atoms with E-state index >= 15 is 0 Å². The normalized spacial score (nSPS) is 29.1. The van der Waals surface area contributed by atoms with Gasteiger partial charge in [0.25, 0.3) is 5.92 Å². The second-order valence-electron chi connectivity index (χ2n) is 5.24. The summed E-state index contributed by atoms with van der Waals surface area (Å²) in [5.41, 5.74) is 0.656. The number of carbonyl (C=O) groups is 1. The van der Waals surface area contributed by atoms with Crippen LogP contribution in [0.4, 0.5) is 14.6 Å². The van der Waals surface area contributed by atoms with Crippen LogP contribution in [0.25, 0.3) is 0 Å². The van der Waals surface area contributed by atoms with Crippen LogP contribution in [0.1, 0.15) is 18.5 Å². The van der Waals surface area contributed by atoms with E-state index in [0.29, 0.717) is 24.5 Å². The molecule has 1 aliphatic carbocycles. The maximum absolute atomic E-state index is 12.9. The minimum Gasteiger partial charge on any atom is -0.299 e. The average Bonchev–Trinajstić information content (AvgIpc) is 2.81. The van der Waals surface area contributed by atoms with Gasteiger partial charge in [0.05, 0.1) is 9.62 Å². The summed E-state index contributed by atoms with van der Waals surface area (Å²) in [6, 6.07) is 1.76. The first-order valence-corrected chi connectivity index (χ1v) is 7.49. The molecule has 7 heteroatoms. The van der Waals surface area contributed by atoms with Gasteiger partial charge in [0, 0.05) is 38.4 Å². The summed E-state index contributed by atoms with van der Waals surface area (Å²) in [7, 11) is 1.71. The van der Waals surface area contributed by atoms with E-state index in [0.717, 1.165) is 6.42 Å². The molecule has 1 aromatic rings. The van der Waals surface area contributed by atoms with Crippen molar-refractivity contribution in [1.29, 1.82) is 0 Å². The molecule has 1 fully saturated rings. The smallest absolute Gasteiger partial charge is 0.252 e. The van der Waals surface area contributed by atoms with Gasteiger partial charge in [-0.25, -0.2) is 13.5 Å². The van der Waals surface area contributed by atoms with Crippen molar-refractivity contribution in [3.63, 3.8) is 0 Å². The Morgan fingerprint density at radius 3 is 2.89 bits per heavy atom. The molecule has 2 unspecified atom stereocenters. The zero-order valence-electron chi connectivity index (χ0n) is 10.4. The largest absolute Gasteiger partial charge is 0.299 e. The molecule has 104 valence electrons. The van der Waals surface area contributed by atoms with E-state index in [2.05, 4.69) is 27.7 Å². The molecule has 3 rings (SSSR count). The minimum absolute atomic E-state index is 0.0419. The highest BCUT2D eigenvalue weighted by Gasteiger charge is 2.56. The standard InChI is InChI=1S/C12H14F2IN3O/c1-17-10-5-8(4-7-6-12(7,13)14)16-18(10)3-2-9(15)11(17)19/h5,7,9H,2-4,6H2,1H3. The number of hydrogen-bond acceptors (Lipinski definition) is 2. The molecule has 1 aromatic heterocycles. The highest BCUT2D eigenvalue weighted by molar-refractivity contribution is 14.1. The zero-order valence-corrected chi connectivity index (χ0v) is 12.6. The molecule has 0 radical (unpaired) electrons. The summed E-state index contributed by atoms with van der Waals surface area (Å²) < 4.78 is 27.5. The SMILES string of the molecule is CN1C(=O)C(I)CCn2nc(CC3CC3(F)F)cc21. The van der Waals surface area contributed by atoms with Gasteiger partial charge in [-0.2, -0.15) is 5.10 Å². The van der Waals surface area contributed by atoms with Crippen LogP contribution in [0.5, 0.6) is 0 Å². The van der Waals surface area contributed by atoms with Gasteiger partial charge in [-0.05, 0) is 6.42 Å². The van der Waals surface area contributed by atoms with Crippen molar-refractivity contribution in [2.75, 3.05) is 11.9 Å². The molecule has 4 nitrogen and oxygen atoms in total. The number of aromatic nitrogens is 2. The number of halogens is 3. The Kier molecular flexibility index (Phi) is 3.06. The number of nitrogens with zero attached hydrogens (tertiary/aromatic N) is 3. The zero-order chi connectivity index (χ0) is 13.8. The minimum atomic E-state index is -2.52. The Balaban J connectivity index is 1.82. The molecule has 2 atom stereocenters. The number of fused-ring (bicyclic) bond motifs is 1. The van der Waals surface area contributed by atoms with Crippen molar-refractivity contribution in [1.82, 2.24) is 9.78 Å². The van der Waals surface area contributed by atoms with Gasteiger partial charge in [0.15, 0.2) is 0 Å². The van der Waals surface area contributed by atoms with Crippen LogP contribution in [0.2, 0.25) is 0 Å². The lowest BCUT2D eigenvalue weighted by atomic mass is 10.2. The molecule has 2 aliphatic rings. The van der Waals surface area contributed by atoms with Crippen molar-refractivity contribution >= 4 is 34.3 Å². The Hall–Kier alpha value is -0.730. The molecule has 0 bridgehead atoms. The molecule has 1 saturated carbocycles. The van der Waals surface area contributed by atoms with Crippen LogP contribution >= 0.6 is 22.6 Å². The van der Waals surface area contributed by atoms with Crippen LogP contribution < -0.4 is 4.90 Å². The molecular formula is C12H14F2IN3O. The van der Waals surface area contributed by atoms with E-state index in [-0.39, 0.29) is 16.3 Å². The third kappa shape index (κ3) is 2.36. The summed E-state index contributed by atoms with van der Waals surface area (Å²) in [4.78, 5) is 13.6. The highest BCUT2D eigenvalue weighted by atomic mass is 127. The average molecular weight is 381 g/mol. The number of aryl methyl sites for hydroxylation is 1. The van der Waals surface area contributed by atoms with E-state index in [1.54, 1.807) is 22.7 Å². The lowest BCUT2D eigenvalue weighted by Gasteiger charge is -2.15. The second-order valence-corrected chi connectivity index (χ2v) is 6.74. The lowest BCUT2D eigenvalue weighted by Crippen LogP contribution is -2.32. The first-order chi connectivity index (χ1) is 8.88. The van der Waals surface area contributed by atoms with Crippen molar-refractivity contribution in [2.45, 2.75) is 35.7 Å². The van der Waals surface area contributed by atoms with E-state index in [4.69, 9.17) is 0 Å². The molecule has 0 saturated heterocycles. The van der Waals surface area contributed by atoms with Crippen LogP contribution in [0.3, 0.4) is 0 Å². The number of amides is 1. The first kappa shape index (κ1) is 13.3. The van der Waals surface area contributed by atoms with Crippen molar-refractivity contribution in [3.8, 4) is 0 Å². The van der Waals surface area contributed by atoms with Crippen molar-refractivity contribution in [3.05, 3.63) is 11.8 Å². The van der Waals surface area contributed by atoms with Gasteiger partial charge in [-0.3, -0.25) is 9.69 Å². The summed E-state index contributed by atoms with van der Waals surface area (Å²) in [6.45, 7) is 0.653. The topological polar surface area (TPSA) is 38.1 Å². The Morgan fingerprint density at radius 1 is 1.58 bits per heavy atom. The van der Waals surface area contributed by atoms with Crippen molar-refractivity contribution in [2.24, 2.45) is 5.92 Å². The lowest BCUT2D eigenvalue weighted by molar-refractivity contribution is -0.117. The Bertz CT molecular complexity index is 531. The molecule has 0 aromatic carbocycles. The van der Waals surface area contributed by atoms with Gasteiger partial charge in [0.1, 0.15) is 5.82 Å². The van der Waals surface area contributed by atoms with Gasteiger partial charge in [0.2, 0.25) is 5.91 Å². The van der Waals surface area contributed by atoms with Crippen molar-refractivity contribution < 1.29 is 13.6 Å². The van der Waals surface area contributed by atoms with E-state index in [1.165, 1.54) is 0 Å².